The van der Waals surface area contributed by atoms with Crippen LogP contribution in [0.25, 0.3) is 0 Å². The highest BCUT2D eigenvalue weighted by atomic mass is 28.4. The monoisotopic (exact) mass is 494 g/mol. The Morgan fingerprint density at radius 1 is 1.09 bits per heavy atom. The largest absolute Gasteiger partial charge is 0.414 e. The van der Waals surface area contributed by atoms with Crippen molar-refractivity contribution in [3.63, 3.8) is 0 Å². The summed E-state index contributed by atoms with van der Waals surface area (Å²) >= 11 is 0. The fourth-order valence-electron chi connectivity index (χ4n) is 5.08. The zero-order chi connectivity index (χ0) is 25.3. The minimum atomic E-state index is -1.79. The minimum absolute atomic E-state index is 0.251. The van der Waals surface area contributed by atoms with Crippen LogP contribution in [0, 0.1) is 11.8 Å². The predicted molar refractivity (Wildman–Crippen MR) is 153 cm³/mol. The van der Waals surface area contributed by atoms with Crippen molar-refractivity contribution >= 4 is 16.6 Å². The highest BCUT2D eigenvalue weighted by Crippen LogP contribution is 2.41. The van der Waals surface area contributed by atoms with Crippen molar-refractivity contribution in [2.24, 2.45) is 11.8 Å². The molecule has 0 aromatic heterocycles. The van der Waals surface area contributed by atoms with Gasteiger partial charge in [0.2, 0.25) is 0 Å². The van der Waals surface area contributed by atoms with Gasteiger partial charge in [0.05, 0.1) is 6.10 Å². The average molecular weight is 495 g/mol. The van der Waals surface area contributed by atoms with Crippen LogP contribution < -0.4 is 0 Å². The molecule has 1 rings (SSSR count). The second-order valence-corrected chi connectivity index (χ2v) is 21.6. The van der Waals surface area contributed by atoms with Gasteiger partial charge in [-0.2, -0.15) is 0 Å². The number of hydrogen-bond donors (Lipinski definition) is 0. The van der Waals surface area contributed by atoms with Crippen LogP contribution in [-0.2, 0) is 8.85 Å². The summed E-state index contributed by atoms with van der Waals surface area (Å²) in [5, 5.41) is 0.251. The first-order valence-electron chi connectivity index (χ1n) is 14.1. The van der Waals surface area contributed by atoms with Gasteiger partial charge in [0.25, 0.3) is 0 Å². The van der Waals surface area contributed by atoms with Gasteiger partial charge in [0.1, 0.15) is 0 Å². The van der Waals surface area contributed by atoms with E-state index >= 15 is 0 Å². The molecule has 0 saturated heterocycles. The summed E-state index contributed by atoms with van der Waals surface area (Å²) < 4.78 is 14.0. The third-order valence-electron chi connectivity index (χ3n) is 8.91. The lowest BCUT2D eigenvalue weighted by Gasteiger charge is -2.41. The van der Waals surface area contributed by atoms with Gasteiger partial charge in [-0.05, 0) is 74.3 Å². The van der Waals surface area contributed by atoms with Crippen LogP contribution in [0.1, 0.15) is 100 Å². The molecule has 4 heteroatoms. The quantitative estimate of drug-likeness (QED) is 0.157. The van der Waals surface area contributed by atoms with Crippen molar-refractivity contribution in [3.8, 4) is 0 Å². The van der Waals surface area contributed by atoms with Gasteiger partial charge < -0.3 is 8.85 Å². The Hall–Kier alpha value is -0.166. The molecule has 2 unspecified atom stereocenters. The van der Waals surface area contributed by atoms with Crippen LogP contribution in [0.4, 0.5) is 0 Å². The lowest BCUT2D eigenvalue weighted by atomic mass is 9.89. The first-order chi connectivity index (χ1) is 15.4. The fourth-order valence-corrected chi connectivity index (χ4v) is 9.44. The zero-order valence-corrected chi connectivity index (χ0v) is 26.1. The molecule has 0 amide bonds. The lowest BCUT2D eigenvalue weighted by Crippen LogP contribution is -2.45. The Balaban J connectivity index is 2.96. The van der Waals surface area contributed by atoms with E-state index in [4.69, 9.17) is 8.85 Å². The molecule has 0 spiro atoms. The van der Waals surface area contributed by atoms with Crippen LogP contribution >= 0.6 is 0 Å². The molecule has 0 radical (unpaired) electrons. The molecule has 1 aliphatic rings. The summed E-state index contributed by atoms with van der Waals surface area (Å²) in [7, 11) is -3.39. The Kier molecular flexibility index (Phi) is 12.9. The van der Waals surface area contributed by atoms with Gasteiger partial charge in [-0.15, -0.1) is 6.58 Å². The first-order valence-corrected chi connectivity index (χ1v) is 19.5. The van der Waals surface area contributed by atoms with E-state index in [0.29, 0.717) is 24.0 Å². The fraction of sp³-hybridized carbons (Fsp3) is 0.862. The summed E-state index contributed by atoms with van der Waals surface area (Å²) in [5.74, 6) is 1.13. The summed E-state index contributed by atoms with van der Waals surface area (Å²) in [5.41, 5.74) is 1.61. The van der Waals surface area contributed by atoms with E-state index < -0.39 is 16.6 Å². The van der Waals surface area contributed by atoms with Crippen molar-refractivity contribution < 1.29 is 8.85 Å². The van der Waals surface area contributed by atoms with Gasteiger partial charge in [-0.25, -0.2) is 0 Å². The van der Waals surface area contributed by atoms with Gasteiger partial charge in [0.15, 0.2) is 16.6 Å². The van der Waals surface area contributed by atoms with Gasteiger partial charge in [-0.3, -0.25) is 0 Å². The molecule has 194 valence electrons. The van der Waals surface area contributed by atoms with Crippen molar-refractivity contribution in [3.05, 3.63) is 24.3 Å². The van der Waals surface area contributed by atoms with Crippen molar-refractivity contribution in [2.45, 2.75) is 149 Å². The van der Waals surface area contributed by atoms with Gasteiger partial charge in [0, 0.05) is 12.0 Å². The first kappa shape index (κ1) is 30.9. The molecule has 0 aliphatic heterocycles. The smallest absolute Gasteiger partial charge is 0.192 e. The molecule has 2 nitrogen and oxygen atoms in total. The molecule has 0 aromatic rings. The normalized spacial score (nSPS) is 21.7. The van der Waals surface area contributed by atoms with Gasteiger partial charge >= 0.3 is 0 Å². The third kappa shape index (κ3) is 8.77. The van der Waals surface area contributed by atoms with E-state index in [1.54, 1.807) is 5.57 Å². The summed E-state index contributed by atoms with van der Waals surface area (Å²) in [4.78, 5) is 0. The van der Waals surface area contributed by atoms with E-state index in [-0.39, 0.29) is 5.04 Å². The molecular formula is C29H58O2Si2. The second kappa shape index (κ2) is 13.8. The topological polar surface area (TPSA) is 18.5 Å². The molecule has 0 bridgehead atoms. The van der Waals surface area contributed by atoms with E-state index in [2.05, 4.69) is 87.2 Å². The van der Waals surface area contributed by atoms with E-state index in [1.807, 2.05) is 0 Å². The maximum Gasteiger partial charge on any atom is 0.192 e. The lowest BCUT2D eigenvalue weighted by molar-refractivity contribution is 0.108. The van der Waals surface area contributed by atoms with Crippen LogP contribution in [0.2, 0.25) is 36.3 Å². The maximum absolute atomic E-state index is 7.04. The minimum Gasteiger partial charge on any atom is -0.414 e. The number of rotatable bonds is 16. The molecule has 0 heterocycles. The van der Waals surface area contributed by atoms with E-state index in [9.17, 15) is 0 Å². The highest BCUT2D eigenvalue weighted by molar-refractivity contribution is 6.74. The van der Waals surface area contributed by atoms with Crippen molar-refractivity contribution in [1.82, 2.24) is 0 Å². The number of hydrogen-bond acceptors (Lipinski definition) is 2. The molecule has 1 aliphatic carbocycles. The standard InChI is InChI=1S/C29H58O2Si2/c1-12-17-19-24(6)27(30-32(10,11)29(7,8)9)22-20-25-21-23-28(26(25)18-13-2)31-33(14-3,15-4)16-5/h13,21,24,26-28H,2,12,14-20,22-23H2,1,3-11H3/t24?,26-,27?,28+/m1/s1. The number of unbranched alkanes of at least 4 members (excludes halogenated alkanes) is 1. The number of allylic oxidation sites excluding steroid dienone is 1. The molecule has 0 fully saturated rings. The summed E-state index contributed by atoms with van der Waals surface area (Å²) in [6, 6.07) is 3.68. The average Bonchev–Trinajstić information content (AvgIpc) is 3.13. The van der Waals surface area contributed by atoms with Crippen molar-refractivity contribution in [2.75, 3.05) is 0 Å². The molecule has 33 heavy (non-hydrogen) atoms. The predicted octanol–water partition coefficient (Wildman–Crippen LogP) is 9.90. The molecule has 0 saturated carbocycles. The van der Waals surface area contributed by atoms with Crippen LogP contribution in [0.5, 0.6) is 0 Å². The maximum atomic E-state index is 7.04. The van der Waals surface area contributed by atoms with Crippen LogP contribution in [-0.4, -0.2) is 28.8 Å². The Morgan fingerprint density at radius 2 is 1.70 bits per heavy atom. The summed E-state index contributed by atoms with van der Waals surface area (Å²) in [6.45, 7) is 27.7. The van der Waals surface area contributed by atoms with E-state index in [0.717, 1.165) is 25.7 Å². The van der Waals surface area contributed by atoms with Crippen LogP contribution in [0.3, 0.4) is 0 Å². The van der Waals surface area contributed by atoms with Crippen molar-refractivity contribution in [1.29, 1.82) is 0 Å². The van der Waals surface area contributed by atoms with E-state index in [1.165, 1.54) is 37.4 Å². The zero-order valence-electron chi connectivity index (χ0n) is 24.1. The second-order valence-electron chi connectivity index (χ2n) is 12.1. The van der Waals surface area contributed by atoms with Gasteiger partial charge in [-0.1, -0.05) is 86.0 Å². The summed E-state index contributed by atoms with van der Waals surface area (Å²) in [6.07, 6.45) is 13.6. The molecule has 0 aromatic carbocycles. The Bertz CT molecular complexity index is 593. The highest BCUT2D eigenvalue weighted by Gasteiger charge is 2.41. The SMILES string of the molecule is C=CC[C@@H]1C(CCC(O[Si](C)(C)C(C)(C)C)C(C)CCCC)=CC[C@@H]1O[Si](CC)(CC)CC. The Labute approximate surface area is 210 Å². The van der Waals surface area contributed by atoms with Crippen LogP contribution in [0.15, 0.2) is 24.3 Å². The Morgan fingerprint density at radius 3 is 2.18 bits per heavy atom. The third-order valence-corrected chi connectivity index (χ3v) is 18.1. The molecule has 0 N–H and O–H groups in total. The molecular weight excluding hydrogens is 436 g/mol. The molecule has 4 atom stereocenters.